The van der Waals surface area contributed by atoms with Crippen LogP contribution in [0.4, 0.5) is 5.69 Å². The lowest BCUT2D eigenvalue weighted by molar-refractivity contribution is -0.677. The second kappa shape index (κ2) is 13.5. The molecule has 1 aliphatic rings. The average molecular weight is 774 g/mol. The van der Waals surface area contributed by atoms with Gasteiger partial charge in [0.25, 0.3) is 5.52 Å². The third-order valence-corrected chi connectivity index (χ3v) is 13.5. The van der Waals surface area contributed by atoms with Gasteiger partial charge in [-0.15, -0.1) is 22.7 Å². The molecule has 14 heteroatoms. The molecule has 9 nitrogen and oxygen atoms in total. The van der Waals surface area contributed by atoms with Crippen molar-refractivity contribution in [2.75, 3.05) is 23.0 Å². The minimum absolute atomic E-state index is 0.0866. The quantitative estimate of drug-likeness (QED) is 0.0941. The van der Waals surface area contributed by atoms with E-state index < -0.39 is 31.7 Å². The van der Waals surface area contributed by atoms with Crippen LogP contribution in [0.2, 0.25) is 0 Å². The molecule has 0 spiro atoms. The lowest BCUT2D eigenvalue weighted by Crippen LogP contribution is -2.36. The zero-order chi connectivity index (χ0) is 35.3. The fourth-order valence-electron chi connectivity index (χ4n) is 6.52. The van der Waals surface area contributed by atoms with Crippen molar-refractivity contribution in [3.63, 3.8) is 0 Å². The highest BCUT2D eigenvalue weighted by Gasteiger charge is 2.30. The molecular weight excluding hydrogens is 745 g/mol. The third-order valence-electron chi connectivity index (χ3n) is 8.84. The minimum Gasteiger partial charge on any atom is -0.748 e. The monoisotopic (exact) mass is 773 g/mol. The van der Waals surface area contributed by atoms with Crippen LogP contribution in [0.25, 0.3) is 59.6 Å². The molecule has 260 valence electrons. The number of nitrogens with zero attached hydrogens (tertiary/aromatic N) is 2. The zero-order valence-electron chi connectivity index (χ0n) is 26.9. The summed E-state index contributed by atoms with van der Waals surface area (Å²) in [5.74, 6) is -0.575. The summed E-state index contributed by atoms with van der Waals surface area (Å²) in [6.45, 7) is 0.480. The summed E-state index contributed by atoms with van der Waals surface area (Å²) < 4.78 is 80.1. The smallest absolute Gasteiger partial charge is 0.376 e. The van der Waals surface area contributed by atoms with Crippen molar-refractivity contribution in [2.24, 2.45) is 0 Å². The molecule has 0 saturated heterocycles. The summed E-state index contributed by atoms with van der Waals surface area (Å²) in [6.07, 6.45) is 2.07. The van der Waals surface area contributed by atoms with Gasteiger partial charge in [-0.1, -0.05) is 60.3 Å². The summed E-state index contributed by atoms with van der Waals surface area (Å²) in [5, 5.41) is 7.27. The number of rotatable bonds is 11. The van der Waals surface area contributed by atoms with Crippen LogP contribution >= 0.6 is 34.4 Å². The standard InChI is InChI=1S/C37H30N2O7S5/c40-50(41,42)17-5-15-38-30-19-24(28-22-47-33-9-3-1-7-26(28)33)11-13-32(30)46-36(38)21-37-39(16-6-18-51(43,44)45)31-20-25(12-14-35(31)49-37)29-23-48-34-10-4-2-8-27(29)34/h1-4,7-14,19-23H,5-6,15-18H2,(H-,40,41,42,43,44,45)/p-1. The largest absolute Gasteiger partial charge is 0.748 e. The Morgan fingerprint density at radius 1 is 0.745 bits per heavy atom. The number of anilines is 1. The highest BCUT2D eigenvalue weighted by atomic mass is 32.2. The number of benzene rings is 4. The number of aryl methyl sites for hydroxylation is 1. The third kappa shape index (κ3) is 7.09. The predicted octanol–water partition coefficient (Wildman–Crippen LogP) is 8.27. The fraction of sp³-hybridized carbons (Fsp3) is 0.162. The molecule has 0 unspecified atom stereocenters. The summed E-state index contributed by atoms with van der Waals surface area (Å²) in [6, 6.07) is 28.5. The lowest BCUT2D eigenvalue weighted by atomic mass is 10.0. The second-order valence-electron chi connectivity index (χ2n) is 12.2. The average Bonchev–Trinajstić information content (AvgIpc) is 3.87. The maximum absolute atomic E-state index is 11.6. The van der Waals surface area contributed by atoms with E-state index >= 15 is 0 Å². The molecule has 4 heterocycles. The van der Waals surface area contributed by atoms with Gasteiger partial charge >= 0.3 is 5.89 Å². The van der Waals surface area contributed by atoms with Gasteiger partial charge in [-0.2, -0.15) is 4.57 Å². The van der Waals surface area contributed by atoms with Gasteiger partial charge in [0, 0.05) is 66.7 Å². The maximum Gasteiger partial charge on any atom is 0.376 e. The van der Waals surface area contributed by atoms with Crippen molar-refractivity contribution >= 4 is 97.7 Å². The van der Waals surface area contributed by atoms with E-state index in [1.807, 2.05) is 64.1 Å². The van der Waals surface area contributed by atoms with Gasteiger partial charge in [0.15, 0.2) is 6.54 Å². The van der Waals surface area contributed by atoms with Crippen LogP contribution in [-0.2, 0) is 26.8 Å². The Bertz CT molecular complexity index is 2710. The van der Waals surface area contributed by atoms with Crippen LogP contribution in [0.1, 0.15) is 18.7 Å². The molecule has 0 radical (unpaired) electrons. The Morgan fingerprint density at radius 3 is 2.02 bits per heavy atom. The molecule has 3 aromatic heterocycles. The lowest BCUT2D eigenvalue weighted by Gasteiger charge is -2.21. The molecule has 7 aromatic rings. The number of thioether (sulfide) groups is 1. The Morgan fingerprint density at radius 2 is 1.35 bits per heavy atom. The molecule has 8 rings (SSSR count). The van der Waals surface area contributed by atoms with Crippen molar-refractivity contribution in [3.8, 4) is 22.3 Å². The fourth-order valence-corrected chi connectivity index (χ4v) is 10.5. The van der Waals surface area contributed by atoms with Crippen LogP contribution < -0.4 is 9.47 Å². The molecule has 0 aliphatic carbocycles. The van der Waals surface area contributed by atoms with Crippen LogP contribution in [0.15, 0.2) is 110 Å². The van der Waals surface area contributed by atoms with Crippen molar-refractivity contribution in [1.82, 2.24) is 0 Å². The molecule has 0 saturated carbocycles. The van der Waals surface area contributed by atoms with E-state index in [4.69, 9.17) is 4.42 Å². The van der Waals surface area contributed by atoms with E-state index in [2.05, 4.69) is 47.2 Å². The second-order valence-corrected chi connectivity index (χ2v) is 18.1. The highest BCUT2D eigenvalue weighted by molar-refractivity contribution is 8.03. The van der Waals surface area contributed by atoms with E-state index in [0.717, 1.165) is 58.9 Å². The number of oxazole rings is 1. The number of hydrogen-bond donors (Lipinski definition) is 0. The predicted molar refractivity (Wildman–Crippen MR) is 204 cm³/mol. The molecular formula is C37H29N2O7S5-. The van der Waals surface area contributed by atoms with Crippen LogP contribution in [0, 0.1) is 0 Å². The van der Waals surface area contributed by atoms with Crippen molar-refractivity contribution in [3.05, 3.63) is 107 Å². The molecule has 0 atom stereocenters. The SMILES string of the molecule is O=S(=O)([O-])CCCN1/C(=C/c2oc3ccc(-c4csc5ccccc45)cc3[n+]2CCCS(=O)(=O)[O-])Sc2ccc(-c3csc4ccccc34)cc21. The molecule has 0 bridgehead atoms. The first-order valence-electron chi connectivity index (χ1n) is 16.1. The maximum atomic E-state index is 11.6. The summed E-state index contributed by atoms with van der Waals surface area (Å²) in [7, 11) is -8.85. The zero-order valence-corrected chi connectivity index (χ0v) is 30.9. The highest BCUT2D eigenvalue weighted by Crippen LogP contribution is 2.49. The van der Waals surface area contributed by atoms with Crippen LogP contribution in [0.3, 0.4) is 0 Å². The summed E-state index contributed by atoms with van der Waals surface area (Å²) in [4.78, 5) is 2.97. The van der Waals surface area contributed by atoms with Gasteiger partial charge in [-0.3, -0.25) is 0 Å². The van der Waals surface area contributed by atoms with Gasteiger partial charge in [-0.05, 0) is 58.6 Å². The van der Waals surface area contributed by atoms with E-state index in [-0.39, 0.29) is 25.9 Å². The van der Waals surface area contributed by atoms with Crippen molar-refractivity contribution in [1.29, 1.82) is 0 Å². The van der Waals surface area contributed by atoms with Crippen molar-refractivity contribution in [2.45, 2.75) is 24.3 Å². The Hall–Kier alpha value is -4.02. The topological polar surface area (TPSA) is 135 Å². The number of fused-ring (bicyclic) bond motifs is 4. The molecule has 4 aromatic carbocycles. The first kappa shape index (κ1) is 34.1. The minimum atomic E-state index is -4.43. The molecule has 51 heavy (non-hydrogen) atoms. The van der Waals surface area contributed by atoms with Gasteiger partial charge in [0.05, 0.1) is 37.0 Å². The first-order valence-corrected chi connectivity index (χ1v) is 21.8. The first-order chi connectivity index (χ1) is 24.5. The molecule has 0 N–H and O–H groups in total. The number of hydrogen-bond acceptors (Lipinski definition) is 11. The Kier molecular flexibility index (Phi) is 9.03. The van der Waals surface area contributed by atoms with Crippen molar-refractivity contribution < 1.29 is 34.9 Å². The Balaban J connectivity index is 1.22. The molecule has 0 fully saturated rings. The van der Waals surface area contributed by atoms with Gasteiger partial charge < -0.3 is 18.4 Å². The van der Waals surface area contributed by atoms with Gasteiger partial charge in [0.1, 0.15) is 0 Å². The van der Waals surface area contributed by atoms with E-state index in [1.54, 1.807) is 22.7 Å². The van der Waals surface area contributed by atoms with E-state index in [0.29, 0.717) is 11.5 Å². The summed E-state index contributed by atoms with van der Waals surface area (Å²) in [5.41, 5.74) is 6.38. The number of thiophene rings is 2. The van der Waals surface area contributed by atoms with E-state index in [1.165, 1.54) is 16.5 Å². The Labute approximate surface area is 307 Å². The van der Waals surface area contributed by atoms with Crippen LogP contribution in [0.5, 0.6) is 0 Å². The van der Waals surface area contributed by atoms with Gasteiger partial charge in [-0.25, -0.2) is 16.8 Å². The van der Waals surface area contributed by atoms with E-state index in [9.17, 15) is 25.9 Å². The number of aromatic nitrogens is 1. The summed E-state index contributed by atoms with van der Waals surface area (Å²) >= 11 is 4.83. The normalized spacial score (nSPS) is 14.4. The van der Waals surface area contributed by atoms with Gasteiger partial charge in [0.2, 0.25) is 5.58 Å². The molecule has 1 aliphatic heterocycles. The van der Waals surface area contributed by atoms with Crippen LogP contribution in [-0.4, -0.2) is 44.0 Å². The molecule has 0 amide bonds.